The SMILES string of the molecule is COc1cccc2c1CC(NC(=O)c1cc(Cl)ccc1C)C(N)C2. The van der Waals surface area contributed by atoms with Gasteiger partial charge in [-0.05, 0) is 54.7 Å². The van der Waals surface area contributed by atoms with E-state index in [1.54, 1.807) is 19.2 Å². The van der Waals surface area contributed by atoms with E-state index in [-0.39, 0.29) is 18.0 Å². The van der Waals surface area contributed by atoms with Gasteiger partial charge in [0.15, 0.2) is 0 Å². The topological polar surface area (TPSA) is 64.3 Å². The lowest BCUT2D eigenvalue weighted by molar-refractivity contribution is 0.0928. The van der Waals surface area contributed by atoms with Gasteiger partial charge in [0.05, 0.1) is 7.11 Å². The predicted molar refractivity (Wildman–Crippen MR) is 95.8 cm³/mol. The first-order valence-electron chi connectivity index (χ1n) is 7.97. The number of nitrogens with two attached hydrogens (primary N) is 1. The fourth-order valence-electron chi connectivity index (χ4n) is 3.24. The van der Waals surface area contributed by atoms with Gasteiger partial charge in [0.25, 0.3) is 5.91 Å². The third-order valence-corrected chi connectivity index (χ3v) is 4.84. The molecule has 3 N–H and O–H groups in total. The summed E-state index contributed by atoms with van der Waals surface area (Å²) in [5.41, 5.74) is 10.1. The van der Waals surface area contributed by atoms with Crippen molar-refractivity contribution in [3.05, 3.63) is 63.7 Å². The highest BCUT2D eigenvalue weighted by Gasteiger charge is 2.29. The van der Waals surface area contributed by atoms with E-state index >= 15 is 0 Å². The number of amides is 1. The van der Waals surface area contributed by atoms with Gasteiger partial charge in [0.2, 0.25) is 0 Å². The Morgan fingerprint density at radius 1 is 1.29 bits per heavy atom. The lowest BCUT2D eigenvalue weighted by Crippen LogP contribution is -2.52. The van der Waals surface area contributed by atoms with Crippen molar-refractivity contribution in [2.45, 2.75) is 31.8 Å². The Balaban J connectivity index is 1.83. The minimum absolute atomic E-state index is 0.131. The number of hydrogen-bond donors (Lipinski definition) is 2. The number of fused-ring (bicyclic) bond motifs is 1. The Morgan fingerprint density at radius 2 is 2.08 bits per heavy atom. The molecule has 2 aromatic rings. The van der Waals surface area contributed by atoms with Crippen LogP contribution in [-0.2, 0) is 12.8 Å². The molecule has 0 bridgehead atoms. The van der Waals surface area contributed by atoms with Gasteiger partial charge in [-0.1, -0.05) is 29.8 Å². The van der Waals surface area contributed by atoms with Crippen LogP contribution < -0.4 is 15.8 Å². The molecule has 0 heterocycles. The molecule has 1 amide bonds. The summed E-state index contributed by atoms with van der Waals surface area (Å²) in [6.45, 7) is 1.89. The van der Waals surface area contributed by atoms with Crippen LogP contribution in [0.5, 0.6) is 5.75 Å². The first-order chi connectivity index (χ1) is 11.5. The van der Waals surface area contributed by atoms with Gasteiger partial charge < -0.3 is 15.8 Å². The minimum Gasteiger partial charge on any atom is -0.496 e. The van der Waals surface area contributed by atoms with E-state index in [4.69, 9.17) is 22.1 Å². The maximum absolute atomic E-state index is 12.6. The Kier molecular flexibility index (Phi) is 4.78. The van der Waals surface area contributed by atoms with Gasteiger partial charge in [0, 0.05) is 22.7 Å². The Morgan fingerprint density at radius 3 is 2.83 bits per heavy atom. The number of benzene rings is 2. The summed E-state index contributed by atoms with van der Waals surface area (Å²) in [5.74, 6) is 0.700. The van der Waals surface area contributed by atoms with Crippen molar-refractivity contribution >= 4 is 17.5 Å². The van der Waals surface area contributed by atoms with Crippen molar-refractivity contribution in [2.75, 3.05) is 7.11 Å². The average molecular weight is 345 g/mol. The van der Waals surface area contributed by atoms with Gasteiger partial charge in [-0.15, -0.1) is 0 Å². The minimum atomic E-state index is -0.145. The number of hydrogen-bond acceptors (Lipinski definition) is 3. The molecule has 0 saturated carbocycles. The first kappa shape index (κ1) is 16.8. The zero-order valence-electron chi connectivity index (χ0n) is 13.8. The van der Waals surface area contributed by atoms with Crippen LogP contribution in [0.2, 0.25) is 5.02 Å². The van der Waals surface area contributed by atoms with E-state index in [2.05, 4.69) is 11.4 Å². The summed E-state index contributed by atoms with van der Waals surface area (Å²) < 4.78 is 5.45. The highest BCUT2D eigenvalue weighted by atomic mass is 35.5. The van der Waals surface area contributed by atoms with Gasteiger partial charge >= 0.3 is 0 Å². The molecule has 0 aromatic heterocycles. The Bertz CT molecular complexity index is 776. The molecule has 0 radical (unpaired) electrons. The summed E-state index contributed by atoms with van der Waals surface area (Å²) in [6.07, 6.45) is 1.37. The number of ether oxygens (including phenoxy) is 1. The molecule has 5 heteroatoms. The molecule has 4 nitrogen and oxygen atoms in total. The van der Waals surface area contributed by atoms with Gasteiger partial charge in [0.1, 0.15) is 5.75 Å². The fraction of sp³-hybridized carbons (Fsp3) is 0.316. The summed E-state index contributed by atoms with van der Waals surface area (Å²) >= 11 is 6.02. The number of carbonyl (C=O) groups is 1. The van der Waals surface area contributed by atoms with E-state index in [0.717, 1.165) is 16.9 Å². The molecular formula is C19H21ClN2O2. The maximum atomic E-state index is 12.6. The highest BCUT2D eigenvalue weighted by Crippen LogP contribution is 2.29. The third kappa shape index (κ3) is 3.25. The monoisotopic (exact) mass is 344 g/mol. The Labute approximate surface area is 147 Å². The van der Waals surface area contributed by atoms with E-state index in [1.165, 1.54) is 5.56 Å². The summed E-state index contributed by atoms with van der Waals surface area (Å²) in [7, 11) is 1.66. The number of nitrogens with one attached hydrogen (secondary N) is 1. The lowest BCUT2D eigenvalue weighted by atomic mass is 9.84. The second-order valence-corrected chi connectivity index (χ2v) is 6.65. The van der Waals surface area contributed by atoms with Crippen molar-refractivity contribution < 1.29 is 9.53 Å². The van der Waals surface area contributed by atoms with Crippen LogP contribution in [-0.4, -0.2) is 25.1 Å². The molecule has 0 fully saturated rings. The molecule has 0 saturated heterocycles. The van der Waals surface area contributed by atoms with Gasteiger partial charge in [-0.25, -0.2) is 0 Å². The Hall–Kier alpha value is -2.04. The lowest BCUT2D eigenvalue weighted by Gasteiger charge is -2.32. The number of aryl methyl sites for hydroxylation is 1. The number of methoxy groups -OCH3 is 1. The van der Waals surface area contributed by atoms with Gasteiger partial charge in [-0.2, -0.15) is 0 Å². The van der Waals surface area contributed by atoms with E-state index in [1.807, 2.05) is 25.1 Å². The molecule has 126 valence electrons. The molecule has 3 rings (SSSR count). The standard InChI is InChI=1S/C19H21ClN2O2/c1-11-6-7-13(20)9-14(11)19(23)22-17-10-15-12(8-16(17)21)4-3-5-18(15)24-2/h3-7,9,16-17H,8,10,21H2,1-2H3,(H,22,23). The van der Waals surface area contributed by atoms with Crippen LogP contribution >= 0.6 is 11.6 Å². The molecular weight excluding hydrogens is 324 g/mol. The summed E-state index contributed by atoms with van der Waals surface area (Å²) in [5, 5.41) is 3.61. The molecule has 0 spiro atoms. The van der Waals surface area contributed by atoms with Crippen molar-refractivity contribution in [1.29, 1.82) is 0 Å². The maximum Gasteiger partial charge on any atom is 0.251 e. The molecule has 2 aromatic carbocycles. The smallest absolute Gasteiger partial charge is 0.251 e. The molecule has 0 aliphatic heterocycles. The van der Waals surface area contributed by atoms with E-state index in [9.17, 15) is 4.79 Å². The first-order valence-corrected chi connectivity index (χ1v) is 8.34. The molecule has 2 atom stereocenters. The molecule has 1 aliphatic carbocycles. The number of carbonyl (C=O) groups excluding carboxylic acids is 1. The largest absolute Gasteiger partial charge is 0.496 e. The van der Waals surface area contributed by atoms with Crippen molar-refractivity contribution in [3.63, 3.8) is 0 Å². The number of rotatable bonds is 3. The third-order valence-electron chi connectivity index (χ3n) is 4.61. The molecule has 1 aliphatic rings. The van der Waals surface area contributed by atoms with Crippen LogP contribution in [0.25, 0.3) is 0 Å². The van der Waals surface area contributed by atoms with Crippen LogP contribution in [0.4, 0.5) is 0 Å². The highest BCUT2D eigenvalue weighted by molar-refractivity contribution is 6.31. The van der Waals surface area contributed by atoms with Crippen LogP contribution in [0.15, 0.2) is 36.4 Å². The normalized spacial score (nSPS) is 19.5. The zero-order valence-corrected chi connectivity index (χ0v) is 14.6. The van der Waals surface area contributed by atoms with E-state index in [0.29, 0.717) is 23.4 Å². The fourth-order valence-corrected chi connectivity index (χ4v) is 3.41. The quantitative estimate of drug-likeness (QED) is 0.899. The van der Waals surface area contributed by atoms with Crippen LogP contribution in [0, 0.1) is 6.92 Å². The average Bonchev–Trinajstić information content (AvgIpc) is 2.57. The summed E-state index contributed by atoms with van der Waals surface area (Å²) in [4.78, 5) is 12.6. The van der Waals surface area contributed by atoms with Crippen LogP contribution in [0.3, 0.4) is 0 Å². The van der Waals surface area contributed by atoms with E-state index < -0.39 is 0 Å². The van der Waals surface area contributed by atoms with Gasteiger partial charge in [-0.3, -0.25) is 4.79 Å². The summed E-state index contributed by atoms with van der Waals surface area (Å²) in [6, 6.07) is 11.0. The predicted octanol–water partition coefficient (Wildman–Crippen LogP) is 2.88. The molecule has 2 unspecified atom stereocenters. The van der Waals surface area contributed by atoms with Crippen molar-refractivity contribution in [3.8, 4) is 5.75 Å². The number of halogens is 1. The van der Waals surface area contributed by atoms with Crippen LogP contribution in [0.1, 0.15) is 27.0 Å². The van der Waals surface area contributed by atoms with Crippen molar-refractivity contribution in [2.24, 2.45) is 5.73 Å². The zero-order chi connectivity index (χ0) is 17.3. The second-order valence-electron chi connectivity index (χ2n) is 6.21. The second kappa shape index (κ2) is 6.83. The van der Waals surface area contributed by atoms with Crippen molar-refractivity contribution in [1.82, 2.24) is 5.32 Å². The molecule has 24 heavy (non-hydrogen) atoms.